The third-order valence-corrected chi connectivity index (χ3v) is 13.1. The standard InChI is InChI=1S/C23H41BO3Si/c1-16(2)28(17(3)4,18(5)6)25-15-20-12-13-21(14-19(20)7)24-26-22(8,9)23(10,11)27-24/h12-14,16-18H,15H2,1-11H3. The van der Waals surface area contributed by atoms with Gasteiger partial charge in [0.05, 0.1) is 17.8 Å². The summed E-state index contributed by atoms with van der Waals surface area (Å²) in [4.78, 5) is 0. The Bertz CT molecular complexity index is 645. The Morgan fingerprint density at radius 2 is 1.36 bits per heavy atom. The quantitative estimate of drug-likeness (QED) is 0.523. The Hall–Kier alpha value is -0.618. The van der Waals surface area contributed by atoms with Crippen molar-refractivity contribution in [3.05, 3.63) is 29.3 Å². The molecule has 3 nitrogen and oxygen atoms in total. The highest BCUT2D eigenvalue weighted by molar-refractivity contribution is 6.77. The van der Waals surface area contributed by atoms with Crippen LogP contribution in [-0.4, -0.2) is 26.6 Å². The predicted molar refractivity (Wildman–Crippen MR) is 123 cm³/mol. The first kappa shape index (κ1) is 23.7. The maximum atomic E-state index is 6.79. The summed E-state index contributed by atoms with van der Waals surface area (Å²) < 4.78 is 19.2. The average molecular weight is 404 g/mol. The summed E-state index contributed by atoms with van der Waals surface area (Å²) in [6.45, 7) is 25.2. The molecule has 0 saturated carbocycles. The minimum absolute atomic E-state index is 0.311. The molecule has 1 aliphatic heterocycles. The normalized spacial score (nSPS) is 19.3. The second-order valence-electron chi connectivity index (χ2n) is 10.4. The molecule has 0 atom stereocenters. The van der Waals surface area contributed by atoms with Crippen LogP contribution in [0.3, 0.4) is 0 Å². The van der Waals surface area contributed by atoms with Crippen molar-refractivity contribution in [2.45, 2.75) is 111 Å². The molecule has 28 heavy (non-hydrogen) atoms. The fraction of sp³-hybridized carbons (Fsp3) is 0.739. The molecule has 158 valence electrons. The van der Waals surface area contributed by atoms with E-state index in [9.17, 15) is 0 Å². The van der Waals surface area contributed by atoms with Gasteiger partial charge in [0.2, 0.25) is 8.32 Å². The Balaban J connectivity index is 2.19. The summed E-state index contributed by atoms with van der Waals surface area (Å²) in [6, 6.07) is 6.53. The van der Waals surface area contributed by atoms with Crippen LogP contribution in [0.1, 0.15) is 80.4 Å². The molecule has 1 saturated heterocycles. The summed E-state index contributed by atoms with van der Waals surface area (Å²) >= 11 is 0. The van der Waals surface area contributed by atoms with Crippen LogP contribution < -0.4 is 5.46 Å². The molecule has 0 amide bonds. The van der Waals surface area contributed by atoms with E-state index in [0.29, 0.717) is 23.2 Å². The molecule has 0 aliphatic carbocycles. The SMILES string of the molecule is Cc1cc(B2OC(C)(C)C(C)(C)O2)ccc1CO[Si](C(C)C)(C(C)C)C(C)C. The van der Waals surface area contributed by atoms with E-state index < -0.39 is 8.32 Å². The number of benzene rings is 1. The number of rotatable bonds is 7. The molecule has 1 aromatic rings. The highest BCUT2D eigenvalue weighted by atomic mass is 28.4. The minimum Gasteiger partial charge on any atom is -0.412 e. The van der Waals surface area contributed by atoms with Gasteiger partial charge in [0.15, 0.2) is 0 Å². The van der Waals surface area contributed by atoms with Crippen molar-refractivity contribution in [2.75, 3.05) is 0 Å². The van der Waals surface area contributed by atoms with E-state index in [1.165, 1.54) is 11.1 Å². The molecular weight excluding hydrogens is 363 g/mol. The lowest BCUT2D eigenvalue weighted by molar-refractivity contribution is 0.00578. The van der Waals surface area contributed by atoms with Crippen LogP contribution in [0.5, 0.6) is 0 Å². The van der Waals surface area contributed by atoms with Crippen LogP contribution in [0, 0.1) is 6.92 Å². The van der Waals surface area contributed by atoms with E-state index in [1.54, 1.807) is 0 Å². The van der Waals surface area contributed by atoms with Gasteiger partial charge in [-0.05, 0) is 67.8 Å². The zero-order valence-corrected chi connectivity index (χ0v) is 21.0. The largest absolute Gasteiger partial charge is 0.494 e. The highest BCUT2D eigenvalue weighted by Gasteiger charge is 2.51. The van der Waals surface area contributed by atoms with E-state index in [0.717, 1.165) is 5.46 Å². The first-order chi connectivity index (χ1) is 12.7. The van der Waals surface area contributed by atoms with Crippen LogP contribution >= 0.6 is 0 Å². The Morgan fingerprint density at radius 3 is 1.75 bits per heavy atom. The molecule has 0 N–H and O–H groups in total. The van der Waals surface area contributed by atoms with Gasteiger partial charge in [-0.1, -0.05) is 59.7 Å². The van der Waals surface area contributed by atoms with Gasteiger partial charge in [-0.2, -0.15) is 0 Å². The number of aryl methyl sites for hydroxylation is 1. The summed E-state index contributed by atoms with van der Waals surface area (Å²) in [6.07, 6.45) is 0. The molecular formula is C23H41BO3Si. The Kier molecular flexibility index (Phi) is 6.97. The smallest absolute Gasteiger partial charge is 0.412 e. The van der Waals surface area contributed by atoms with Gasteiger partial charge in [0.1, 0.15) is 0 Å². The molecule has 0 aromatic heterocycles. The lowest BCUT2D eigenvalue weighted by Gasteiger charge is -2.42. The Labute approximate surface area is 174 Å². The highest BCUT2D eigenvalue weighted by Crippen LogP contribution is 2.43. The lowest BCUT2D eigenvalue weighted by atomic mass is 9.78. The fourth-order valence-corrected chi connectivity index (χ4v) is 10.1. The van der Waals surface area contributed by atoms with E-state index in [1.807, 2.05) is 0 Å². The summed E-state index contributed by atoms with van der Waals surface area (Å²) in [7, 11) is -2.17. The maximum absolute atomic E-state index is 6.79. The van der Waals surface area contributed by atoms with E-state index >= 15 is 0 Å². The van der Waals surface area contributed by atoms with Crippen molar-refractivity contribution in [3.63, 3.8) is 0 Å². The molecule has 0 bridgehead atoms. The van der Waals surface area contributed by atoms with Gasteiger partial charge >= 0.3 is 7.12 Å². The maximum Gasteiger partial charge on any atom is 0.494 e. The first-order valence-corrected chi connectivity index (χ1v) is 13.0. The molecule has 0 unspecified atom stereocenters. The van der Waals surface area contributed by atoms with Crippen molar-refractivity contribution in [2.24, 2.45) is 0 Å². The minimum atomic E-state index is -1.86. The third kappa shape index (κ3) is 4.28. The predicted octanol–water partition coefficient (Wildman–Crippen LogP) is 5.99. The molecule has 1 heterocycles. The van der Waals surface area contributed by atoms with Gasteiger partial charge in [0, 0.05) is 0 Å². The van der Waals surface area contributed by atoms with Crippen molar-refractivity contribution in [1.82, 2.24) is 0 Å². The zero-order chi connectivity index (χ0) is 21.5. The lowest BCUT2D eigenvalue weighted by Crippen LogP contribution is -2.47. The molecule has 1 aromatic carbocycles. The third-order valence-electron chi connectivity index (χ3n) is 7.08. The van der Waals surface area contributed by atoms with Crippen LogP contribution in [-0.2, 0) is 20.3 Å². The van der Waals surface area contributed by atoms with Gasteiger partial charge in [-0.3, -0.25) is 0 Å². The number of hydrogen-bond acceptors (Lipinski definition) is 3. The average Bonchev–Trinajstić information content (AvgIpc) is 2.76. The second-order valence-corrected chi connectivity index (χ2v) is 15.8. The summed E-state index contributed by atoms with van der Waals surface area (Å²) in [5.41, 5.74) is 4.74. The number of hydrogen-bond donors (Lipinski definition) is 0. The topological polar surface area (TPSA) is 27.7 Å². The van der Waals surface area contributed by atoms with Crippen LogP contribution in [0.2, 0.25) is 16.6 Å². The van der Waals surface area contributed by atoms with Gasteiger partial charge in [0.25, 0.3) is 0 Å². The van der Waals surface area contributed by atoms with Gasteiger partial charge in [-0.15, -0.1) is 0 Å². The van der Waals surface area contributed by atoms with Crippen molar-refractivity contribution in [3.8, 4) is 0 Å². The summed E-state index contributed by atoms with van der Waals surface area (Å²) in [5.74, 6) is 0. The molecule has 2 rings (SSSR count). The molecule has 1 aliphatic rings. The van der Waals surface area contributed by atoms with E-state index in [4.69, 9.17) is 13.7 Å². The van der Waals surface area contributed by atoms with Crippen molar-refractivity contribution < 1.29 is 13.7 Å². The van der Waals surface area contributed by atoms with E-state index in [2.05, 4.69) is 94.4 Å². The monoisotopic (exact) mass is 404 g/mol. The second kappa shape index (κ2) is 8.25. The molecule has 1 fully saturated rings. The fourth-order valence-electron chi connectivity index (χ4n) is 4.71. The van der Waals surface area contributed by atoms with E-state index in [-0.39, 0.29) is 18.3 Å². The van der Waals surface area contributed by atoms with Crippen LogP contribution in [0.25, 0.3) is 0 Å². The molecule has 0 spiro atoms. The van der Waals surface area contributed by atoms with Gasteiger partial charge < -0.3 is 13.7 Å². The van der Waals surface area contributed by atoms with Crippen LogP contribution in [0.4, 0.5) is 0 Å². The molecule has 5 heteroatoms. The Morgan fingerprint density at radius 1 is 0.893 bits per heavy atom. The first-order valence-electron chi connectivity index (χ1n) is 10.8. The molecule has 0 radical (unpaired) electrons. The zero-order valence-electron chi connectivity index (χ0n) is 20.0. The van der Waals surface area contributed by atoms with Crippen LogP contribution in [0.15, 0.2) is 18.2 Å². The summed E-state index contributed by atoms with van der Waals surface area (Å²) in [5, 5.41) is 0. The van der Waals surface area contributed by atoms with Gasteiger partial charge in [-0.25, -0.2) is 0 Å². The van der Waals surface area contributed by atoms with Crippen molar-refractivity contribution >= 4 is 20.9 Å². The van der Waals surface area contributed by atoms with Crippen molar-refractivity contribution in [1.29, 1.82) is 0 Å².